The third-order valence-corrected chi connectivity index (χ3v) is 5.57. The van der Waals surface area contributed by atoms with Crippen LogP contribution in [-0.2, 0) is 21.7 Å². The summed E-state index contributed by atoms with van der Waals surface area (Å²) in [5.41, 5.74) is 1.80. The van der Waals surface area contributed by atoms with Crippen molar-refractivity contribution in [3.63, 3.8) is 0 Å². The van der Waals surface area contributed by atoms with Gasteiger partial charge in [-0.2, -0.15) is 10.4 Å². The fraction of sp³-hybridized carbons (Fsp3) is 0.208. The van der Waals surface area contributed by atoms with E-state index in [1.165, 1.54) is 0 Å². The predicted molar refractivity (Wildman–Crippen MR) is 120 cm³/mol. The van der Waals surface area contributed by atoms with Crippen LogP contribution in [-0.4, -0.2) is 39.1 Å². The van der Waals surface area contributed by atoms with E-state index in [1.54, 1.807) is 48.1 Å². The van der Waals surface area contributed by atoms with Crippen molar-refractivity contribution in [2.75, 3.05) is 11.9 Å². The minimum Gasteiger partial charge on any atom is -0.319 e. The average Bonchev–Trinajstić information content (AvgIpc) is 3.31. The Labute approximate surface area is 190 Å². The van der Waals surface area contributed by atoms with E-state index in [-0.39, 0.29) is 0 Å². The molecule has 2 heterocycles. The van der Waals surface area contributed by atoms with E-state index >= 15 is 0 Å². The molecule has 4 amide bonds. The lowest BCUT2D eigenvalue weighted by Crippen LogP contribution is -2.42. The van der Waals surface area contributed by atoms with Crippen molar-refractivity contribution >= 4 is 23.7 Å². The molecule has 0 radical (unpaired) electrons. The predicted octanol–water partition coefficient (Wildman–Crippen LogP) is 2.52. The van der Waals surface area contributed by atoms with Crippen molar-refractivity contribution in [2.45, 2.75) is 25.9 Å². The molecule has 1 unspecified atom stereocenters. The Morgan fingerprint density at radius 2 is 1.94 bits per heavy atom. The molecule has 166 valence electrons. The number of carbonyl (C=O) groups is 3. The van der Waals surface area contributed by atoms with E-state index < -0.39 is 29.9 Å². The van der Waals surface area contributed by atoms with E-state index in [9.17, 15) is 14.4 Å². The van der Waals surface area contributed by atoms with Crippen molar-refractivity contribution in [2.24, 2.45) is 0 Å². The second-order valence-corrected chi connectivity index (χ2v) is 8.05. The van der Waals surface area contributed by atoms with Gasteiger partial charge in [0.25, 0.3) is 5.91 Å². The van der Waals surface area contributed by atoms with Crippen molar-refractivity contribution in [3.05, 3.63) is 83.0 Å². The monoisotopic (exact) mass is 442 g/mol. The first-order chi connectivity index (χ1) is 15.8. The number of imide groups is 1. The second-order valence-electron chi connectivity index (χ2n) is 8.05. The first kappa shape index (κ1) is 21.8. The number of urea groups is 1. The van der Waals surface area contributed by atoms with Crippen LogP contribution in [0.3, 0.4) is 0 Å². The van der Waals surface area contributed by atoms with Crippen molar-refractivity contribution in [1.29, 1.82) is 5.26 Å². The number of nitrogens with one attached hydrogen (secondary N) is 2. The number of hydrogen-bond donors (Lipinski definition) is 2. The highest BCUT2D eigenvalue weighted by molar-refractivity contribution is 6.10. The van der Waals surface area contributed by atoms with Gasteiger partial charge in [0.1, 0.15) is 17.9 Å². The molecular formula is C24H22N6O3. The summed E-state index contributed by atoms with van der Waals surface area (Å²) in [6, 6.07) is 17.3. The summed E-state index contributed by atoms with van der Waals surface area (Å²) in [4.78, 5) is 39.1. The summed E-state index contributed by atoms with van der Waals surface area (Å²) < 4.78 is 1.64. The molecule has 1 saturated heterocycles. The normalized spacial score (nSPS) is 17.5. The topological polar surface area (TPSA) is 120 Å². The molecule has 2 aromatic carbocycles. The summed E-state index contributed by atoms with van der Waals surface area (Å²) in [5.74, 6) is -0.599. The van der Waals surface area contributed by atoms with Gasteiger partial charge in [0.2, 0.25) is 5.91 Å². The van der Waals surface area contributed by atoms with Crippen LogP contribution in [0.25, 0.3) is 0 Å². The zero-order valence-corrected chi connectivity index (χ0v) is 18.2. The zero-order valence-electron chi connectivity index (χ0n) is 18.2. The number of hydrogen-bond acceptors (Lipinski definition) is 5. The maximum atomic E-state index is 13.1. The third kappa shape index (κ3) is 4.32. The fourth-order valence-corrected chi connectivity index (χ4v) is 3.79. The molecule has 3 aromatic rings. The number of nitriles is 1. The average molecular weight is 442 g/mol. The minimum absolute atomic E-state index is 0.438. The second kappa shape index (κ2) is 8.59. The number of rotatable bonds is 6. The van der Waals surface area contributed by atoms with Gasteiger partial charge in [-0.25, -0.2) is 9.48 Å². The summed E-state index contributed by atoms with van der Waals surface area (Å²) in [6.45, 7) is 3.60. The fourth-order valence-electron chi connectivity index (χ4n) is 3.79. The van der Waals surface area contributed by atoms with E-state index in [1.807, 2.05) is 37.3 Å². The Balaban J connectivity index is 1.45. The number of anilines is 1. The van der Waals surface area contributed by atoms with Crippen LogP contribution >= 0.6 is 0 Å². The van der Waals surface area contributed by atoms with Crippen LogP contribution in [0.2, 0.25) is 0 Å². The Morgan fingerprint density at radius 3 is 2.64 bits per heavy atom. The maximum Gasteiger partial charge on any atom is 0.325 e. The van der Waals surface area contributed by atoms with E-state index in [4.69, 9.17) is 5.26 Å². The SMILES string of the molecule is Cc1cccc(Cn2nccc2NC(=O)CN2C(=O)NC(C)(c3ccc(C#N)cc3)C2=O)c1. The van der Waals surface area contributed by atoms with Crippen LogP contribution in [0.1, 0.15) is 29.2 Å². The lowest BCUT2D eigenvalue weighted by molar-refractivity contribution is -0.133. The van der Waals surface area contributed by atoms with Gasteiger partial charge in [0.15, 0.2) is 0 Å². The molecule has 1 aliphatic heterocycles. The van der Waals surface area contributed by atoms with E-state index in [2.05, 4.69) is 15.7 Å². The largest absolute Gasteiger partial charge is 0.325 e. The number of benzene rings is 2. The summed E-state index contributed by atoms with van der Waals surface area (Å²) >= 11 is 0. The molecule has 0 spiro atoms. The van der Waals surface area contributed by atoms with Gasteiger partial charge in [-0.1, -0.05) is 42.0 Å². The number of nitrogens with zero attached hydrogens (tertiary/aromatic N) is 4. The molecule has 1 aromatic heterocycles. The quantitative estimate of drug-likeness (QED) is 0.569. The molecule has 0 bridgehead atoms. The first-order valence-corrected chi connectivity index (χ1v) is 10.3. The Kier molecular flexibility index (Phi) is 5.67. The van der Waals surface area contributed by atoms with E-state index in [0.29, 0.717) is 23.5 Å². The molecule has 33 heavy (non-hydrogen) atoms. The molecule has 4 rings (SSSR count). The van der Waals surface area contributed by atoms with Crippen molar-refractivity contribution < 1.29 is 14.4 Å². The van der Waals surface area contributed by atoms with Gasteiger partial charge in [-0.05, 0) is 37.1 Å². The maximum absolute atomic E-state index is 13.1. The van der Waals surface area contributed by atoms with Crippen LogP contribution in [0.15, 0.2) is 60.8 Å². The summed E-state index contributed by atoms with van der Waals surface area (Å²) in [7, 11) is 0. The zero-order chi connectivity index (χ0) is 23.6. The van der Waals surface area contributed by atoms with Gasteiger partial charge in [-0.3, -0.25) is 14.5 Å². The standard InChI is InChI=1S/C24H22N6O3/c1-16-4-3-5-18(12-16)14-30-20(10-11-26-30)27-21(31)15-29-22(32)24(2,28-23(29)33)19-8-6-17(13-25)7-9-19/h3-12H,14-15H2,1-2H3,(H,27,31)(H,28,33). The Morgan fingerprint density at radius 1 is 1.18 bits per heavy atom. The van der Waals surface area contributed by atoms with E-state index in [0.717, 1.165) is 16.0 Å². The molecular weight excluding hydrogens is 420 g/mol. The van der Waals surface area contributed by atoms with Gasteiger partial charge in [0.05, 0.1) is 24.4 Å². The smallest absolute Gasteiger partial charge is 0.319 e. The Bertz CT molecular complexity index is 1270. The number of amides is 4. The highest BCUT2D eigenvalue weighted by Gasteiger charge is 2.49. The van der Waals surface area contributed by atoms with Gasteiger partial charge in [-0.15, -0.1) is 0 Å². The van der Waals surface area contributed by atoms with Crippen molar-refractivity contribution in [3.8, 4) is 6.07 Å². The van der Waals surface area contributed by atoms with Crippen LogP contribution in [0.4, 0.5) is 10.6 Å². The van der Waals surface area contributed by atoms with Crippen LogP contribution in [0, 0.1) is 18.3 Å². The minimum atomic E-state index is -1.32. The highest BCUT2D eigenvalue weighted by Crippen LogP contribution is 2.29. The van der Waals surface area contributed by atoms with Crippen LogP contribution < -0.4 is 10.6 Å². The molecule has 1 atom stereocenters. The van der Waals surface area contributed by atoms with Gasteiger partial charge < -0.3 is 10.6 Å². The highest BCUT2D eigenvalue weighted by atomic mass is 16.2. The molecule has 9 heteroatoms. The molecule has 1 aliphatic rings. The van der Waals surface area contributed by atoms with Gasteiger partial charge in [0, 0.05) is 6.07 Å². The lowest BCUT2D eigenvalue weighted by Gasteiger charge is -2.22. The van der Waals surface area contributed by atoms with Gasteiger partial charge >= 0.3 is 6.03 Å². The number of carbonyl (C=O) groups excluding carboxylic acids is 3. The number of aryl methyl sites for hydroxylation is 1. The summed E-state index contributed by atoms with van der Waals surface area (Å²) in [5, 5.41) is 18.6. The summed E-state index contributed by atoms with van der Waals surface area (Å²) in [6.07, 6.45) is 1.57. The Hall–Kier alpha value is -4.45. The van der Waals surface area contributed by atoms with Crippen molar-refractivity contribution in [1.82, 2.24) is 20.0 Å². The van der Waals surface area contributed by atoms with Crippen LogP contribution in [0.5, 0.6) is 0 Å². The molecule has 0 aliphatic carbocycles. The molecule has 1 fully saturated rings. The lowest BCUT2D eigenvalue weighted by atomic mass is 9.91. The number of aromatic nitrogens is 2. The molecule has 0 saturated carbocycles. The first-order valence-electron chi connectivity index (χ1n) is 10.3. The molecule has 2 N–H and O–H groups in total. The third-order valence-electron chi connectivity index (χ3n) is 5.57. The molecule has 9 nitrogen and oxygen atoms in total.